The van der Waals surface area contributed by atoms with Crippen LogP contribution in [0.3, 0.4) is 0 Å². The van der Waals surface area contributed by atoms with Crippen LogP contribution in [0.5, 0.6) is 0 Å². The zero-order valence-electron chi connectivity index (χ0n) is 13.9. The van der Waals surface area contributed by atoms with Gasteiger partial charge in [0, 0.05) is 25.6 Å². The fourth-order valence-electron chi connectivity index (χ4n) is 3.79. The second kappa shape index (κ2) is 7.16. The molecular formula is C19H26N2O2. The van der Waals surface area contributed by atoms with Crippen molar-refractivity contribution in [3.05, 3.63) is 35.9 Å². The van der Waals surface area contributed by atoms with Gasteiger partial charge < -0.3 is 9.80 Å². The molecule has 0 aromatic heterocycles. The number of carbonyl (C=O) groups is 2. The molecule has 2 fully saturated rings. The number of hydrogen-bond acceptors (Lipinski definition) is 2. The molecule has 0 bridgehead atoms. The summed E-state index contributed by atoms with van der Waals surface area (Å²) in [6, 6.07) is 10.3. The smallest absolute Gasteiger partial charge is 0.245 e. The summed E-state index contributed by atoms with van der Waals surface area (Å²) in [5.74, 6) is 0.279. The standard InChI is InChI=1S/C19H26N2O2/c1-15-19(23)20-13-7-11-17(20)14-21(15)18(22)12-6-5-10-16-8-3-2-4-9-16/h2-4,8-9,15,17H,5-7,10-14H2,1H3/t15-,17+/m1/s1. The van der Waals surface area contributed by atoms with E-state index in [1.165, 1.54) is 5.56 Å². The van der Waals surface area contributed by atoms with Gasteiger partial charge in [-0.2, -0.15) is 0 Å². The second-order valence-corrected chi connectivity index (χ2v) is 6.74. The lowest BCUT2D eigenvalue weighted by atomic mass is 10.0. The van der Waals surface area contributed by atoms with Crippen LogP contribution in [-0.4, -0.2) is 46.8 Å². The normalized spacial score (nSPS) is 24.0. The van der Waals surface area contributed by atoms with Crippen molar-refractivity contribution < 1.29 is 9.59 Å². The molecule has 0 radical (unpaired) electrons. The molecule has 4 nitrogen and oxygen atoms in total. The Labute approximate surface area is 138 Å². The van der Waals surface area contributed by atoms with Crippen LogP contribution in [0.15, 0.2) is 30.3 Å². The van der Waals surface area contributed by atoms with E-state index in [2.05, 4.69) is 24.3 Å². The number of fused-ring (bicyclic) bond motifs is 1. The van der Waals surface area contributed by atoms with Crippen molar-refractivity contribution in [2.75, 3.05) is 13.1 Å². The molecule has 2 heterocycles. The Balaban J connectivity index is 1.47. The molecule has 0 N–H and O–H groups in total. The second-order valence-electron chi connectivity index (χ2n) is 6.74. The van der Waals surface area contributed by atoms with Crippen LogP contribution in [0.1, 0.15) is 44.6 Å². The molecule has 0 saturated carbocycles. The summed E-state index contributed by atoms with van der Waals surface area (Å²) < 4.78 is 0. The van der Waals surface area contributed by atoms with Gasteiger partial charge in [0.05, 0.1) is 0 Å². The Kier molecular flexibility index (Phi) is 4.99. The first kappa shape index (κ1) is 16.0. The Morgan fingerprint density at radius 2 is 2.00 bits per heavy atom. The highest BCUT2D eigenvalue weighted by Crippen LogP contribution is 2.26. The largest absolute Gasteiger partial charge is 0.336 e. The van der Waals surface area contributed by atoms with Crippen molar-refractivity contribution in [3.63, 3.8) is 0 Å². The maximum atomic E-state index is 12.5. The van der Waals surface area contributed by atoms with Crippen LogP contribution in [0.2, 0.25) is 0 Å². The average molecular weight is 314 g/mol. The molecule has 124 valence electrons. The highest BCUT2D eigenvalue weighted by molar-refractivity contribution is 5.89. The lowest BCUT2D eigenvalue weighted by Crippen LogP contribution is -2.60. The number of carbonyl (C=O) groups excluding carboxylic acids is 2. The van der Waals surface area contributed by atoms with Gasteiger partial charge in [-0.25, -0.2) is 0 Å². The summed E-state index contributed by atoms with van der Waals surface area (Å²) in [5.41, 5.74) is 1.32. The predicted molar refractivity (Wildman–Crippen MR) is 89.9 cm³/mol. The van der Waals surface area contributed by atoms with Crippen LogP contribution in [0.4, 0.5) is 0 Å². The molecule has 1 aromatic rings. The number of piperazine rings is 1. The van der Waals surface area contributed by atoms with Crippen molar-refractivity contribution >= 4 is 11.8 Å². The SMILES string of the molecule is C[C@@H]1C(=O)N2CCC[C@H]2CN1C(=O)CCCCc1ccccc1. The Hall–Kier alpha value is -1.84. The topological polar surface area (TPSA) is 40.6 Å². The Morgan fingerprint density at radius 1 is 1.22 bits per heavy atom. The number of rotatable bonds is 5. The van der Waals surface area contributed by atoms with Gasteiger partial charge in [-0.1, -0.05) is 30.3 Å². The summed E-state index contributed by atoms with van der Waals surface area (Å²) >= 11 is 0. The van der Waals surface area contributed by atoms with Crippen LogP contribution < -0.4 is 0 Å². The molecule has 2 aliphatic heterocycles. The molecule has 23 heavy (non-hydrogen) atoms. The summed E-state index contributed by atoms with van der Waals surface area (Å²) in [4.78, 5) is 28.7. The molecule has 0 aliphatic carbocycles. The first-order valence-electron chi connectivity index (χ1n) is 8.80. The Bertz CT molecular complexity index is 558. The number of unbranched alkanes of at least 4 members (excludes halogenated alkanes) is 1. The van der Waals surface area contributed by atoms with Gasteiger partial charge in [-0.3, -0.25) is 9.59 Å². The monoisotopic (exact) mass is 314 g/mol. The molecule has 2 atom stereocenters. The van der Waals surface area contributed by atoms with Crippen LogP contribution in [0.25, 0.3) is 0 Å². The molecule has 0 unspecified atom stereocenters. The lowest BCUT2D eigenvalue weighted by Gasteiger charge is -2.41. The number of benzene rings is 1. The minimum atomic E-state index is -0.286. The van der Waals surface area contributed by atoms with Crippen LogP contribution in [0, 0.1) is 0 Å². The predicted octanol–water partition coefficient (Wildman–Crippen LogP) is 2.62. The fraction of sp³-hybridized carbons (Fsp3) is 0.579. The molecule has 4 heteroatoms. The first-order chi connectivity index (χ1) is 11.2. The number of nitrogens with zero attached hydrogens (tertiary/aromatic N) is 2. The number of aryl methyl sites for hydroxylation is 1. The van der Waals surface area contributed by atoms with Gasteiger partial charge in [0.15, 0.2) is 0 Å². The summed E-state index contributed by atoms with van der Waals surface area (Å²) in [6.07, 6.45) is 5.58. The summed E-state index contributed by atoms with van der Waals surface area (Å²) in [7, 11) is 0. The molecule has 0 spiro atoms. The van der Waals surface area contributed by atoms with E-state index in [0.717, 1.165) is 45.2 Å². The lowest BCUT2D eigenvalue weighted by molar-refractivity contribution is -0.152. The number of amides is 2. The molecular weight excluding hydrogens is 288 g/mol. The molecule has 2 saturated heterocycles. The van der Waals surface area contributed by atoms with E-state index >= 15 is 0 Å². The fourth-order valence-corrected chi connectivity index (χ4v) is 3.79. The van der Waals surface area contributed by atoms with E-state index in [-0.39, 0.29) is 23.9 Å². The van der Waals surface area contributed by atoms with Gasteiger partial charge in [0.1, 0.15) is 6.04 Å². The van der Waals surface area contributed by atoms with Gasteiger partial charge in [0.2, 0.25) is 11.8 Å². The van der Waals surface area contributed by atoms with E-state index < -0.39 is 0 Å². The third kappa shape index (κ3) is 3.57. The maximum absolute atomic E-state index is 12.5. The number of hydrogen-bond donors (Lipinski definition) is 0. The van der Waals surface area contributed by atoms with Gasteiger partial charge in [0.25, 0.3) is 0 Å². The third-order valence-corrected chi connectivity index (χ3v) is 5.16. The van der Waals surface area contributed by atoms with Crippen molar-refractivity contribution in [1.82, 2.24) is 9.80 Å². The van der Waals surface area contributed by atoms with E-state index in [0.29, 0.717) is 6.42 Å². The minimum absolute atomic E-state index is 0.136. The molecule has 3 rings (SSSR count). The zero-order chi connectivity index (χ0) is 16.2. The first-order valence-corrected chi connectivity index (χ1v) is 8.80. The minimum Gasteiger partial charge on any atom is -0.336 e. The third-order valence-electron chi connectivity index (χ3n) is 5.16. The van der Waals surface area contributed by atoms with E-state index in [9.17, 15) is 9.59 Å². The van der Waals surface area contributed by atoms with Crippen molar-refractivity contribution in [1.29, 1.82) is 0 Å². The average Bonchev–Trinajstić information content (AvgIpc) is 3.04. The van der Waals surface area contributed by atoms with Crippen molar-refractivity contribution in [2.24, 2.45) is 0 Å². The van der Waals surface area contributed by atoms with E-state index in [1.54, 1.807) is 0 Å². The Morgan fingerprint density at radius 3 is 2.78 bits per heavy atom. The molecule has 1 aromatic carbocycles. The van der Waals surface area contributed by atoms with Gasteiger partial charge in [-0.15, -0.1) is 0 Å². The molecule has 2 amide bonds. The van der Waals surface area contributed by atoms with E-state index in [4.69, 9.17) is 0 Å². The van der Waals surface area contributed by atoms with Gasteiger partial charge >= 0.3 is 0 Å². The quantitative estimate of drug-likeness (QED) is 0.784. The van der Waals surface area contributed by atoms with E-state index in [1.807, 2.05) is 22.8 Å². The van der Waals surface area contributed by atoms with Crippen molar-refractivity contribution in [3.8, 4) is 0 Å². The highest BCUT2D eigenvalue weighted by atomic mass is 16.2. The van der Waals surface area contributed by atoms with Gasteiger partial charge in [-0.05, 0) is 44.6 Å². The van der Waals surface area contributed by atoms with Crippen LogP contribution >= 0.6 is 0 Å². The van der Waals surface area contributed by atoms with Crippen molar-refractivity contribution in [2.45, 2.75) is 57.5 Å². The summed E-state index contributed by atoms with van der Waals surface area (Å²) in [6.45, 7) is 3.47. The van der Waals surface area contributed by atoms with Crippen LogP contribution in [-0.2, 0) is 16.0 Å². The maximum Gasteiger partial charge on any atom is 0.245 e. The summed E-state index contributed by atoms with van der Waals surface area (Å²) in [5, 5.41) is 0. The molecule has 2 aliphatic rings. The zero-order valence-corrected chi connectivity index (χ0v) is 13.9. The highest BCUT2D eigenvalue weighted by Gasteiger charge is 2.41.